The van der Waals surface area contributed by atoms with E-state index in [2.05, 4.69) is 21.7 Å². The number of aromatic carboxylic acids is 1. The van der Waals surface area contributed by atoms with Crippen molar-refractivity contribution in [2.24, 2.45) is 4.99 Å². The van der Waals surface area contributed by atoms with Crippen LogP contribution in [0.5, 0.6) is 0 Å². The second-order valence-electron chi connectivity index (χ2n) is 9.78. The minimum Gasteiger partial charge on any atom is -0.478 e. The molecule has 0 bridgehead atoms. The maximum absolute atomic E-state index is 14.0. The first-order valence-corrected chi connectivity index (χ1v) is 12.4. The Morgan fingerprint density at radius 3 is 2.51 bits per heavy atom. The Balaban J connectivity index is 1.74. The van der Waals surface area contributed by atoms with Crippen molar-refractivity contribution in [2.45, 2.75) is 24.8 Å². The second kappa shape index (κ2) is 9.25. The molecule has 3 aromatic carbocycles. The molecule has 37 heavy (non-hydrogen) atoms. The predicted molar refractivity (Wildman–Crippen MR) is 141 cm³/mol. The van der Waals surface area contributed by atoms with Gasteiger partial charge < -0.3 is 19.1 Å². The maximum Gasteiger partial charge on any atom is 0.335 e. The zero-order valence-corrected chi connectivity index (χ0v) is 20.5. The van der Waals surface area contributed by atoms with Crippen molar-refractivity contribution in [3.05, 3.63) is 88.9 Å². The molecule has 1 fully saturated rings. The normalized spacial score (nSPS) is 16.3. The van der Waals surface area contributed by atoms with Gasteiger partial charge in [-0.2, -0.15) is 0 Å². The number of rotatable bonds is 6. The van der Waals surface area contributed by atoms with Crippen LogP contribution in [0.15, 0.2) is 65.7 Å². The topological polar surface area (TPSA) is 73.0 Å². The molecule has 7 heteroatoms. The fourth-order valence-electron chi connectivity index (χ4n) is 5.81. The van der Waals surface area contributed by atoms with E-state index in [1.54, 1.807) is 31.4 Å². The fourth-order valence-corrected chi connectivity index (χ4v) is 5.81. The summed E-state index contributed by atoms with van der Waals surface area (Å²) >= 11 is 0. The zero-order chi connectivity index (χ0) is 25.6. The number of methoxy groups -OCH3 is 1. The molecule has 1 N–H and O–H groups in total. The molecule has 0 spiro atoms. The third kappa shape index (κ3) is 3.95. The Labute approximate surface area is 214 Å². The Bertz CT molecular complexity index is 1510. The Kier molecular flexibility index (Phi) is 5.89. The molecule has 6 nitrogen and oxygen atoms in total. The van der Waals surface area contributed by atoms with Crippen LogP contribution in [0.3, 0.4) is 0 Å². The Morgan fingerprint density at radius 1 is 1.11 bits per heavy atom. The molecule has 6 rings (SSSR count). The van der Waals surface area contributed by atoms with Crippen LogP contribution in [0.25, 0.3) is 27.7 Å². The summed E-state index contributed by atoms with van der Waals surface area (Å²) < 4.78 is 27.9. The highest BCUT2D eigenvalue weighted by molar-refractivity contribution is 6.04. The van der Waals surface area contributed by atoms with E-state index in [9.17, 15) is 14.3 Å². The zero-order valence-electron chi connectivity index (χ0n) is 20.5. The molecule has 4 aromatic rings. The summed E-state index contributed by atoms with van der Waals surface area (Å²) in [6, 6.07) is 18.0. The molecule has 2 aliphatic heterocycles. The summed E-state index contributed by atoms with van der Waals surface area (Å²) in [6.45, 7) is 2.33. The summed E-state index contributed by atoms with van der Waals surface area (Å²) in [5.74, 6) is -1.26. The number of carbonyl (C=O) groups is 1. The average Bonchev–Trinajstić information content (AvgIpc) is 3.51. The highest BCUT2D eigenvalue weighted by Gasteiger charge is 2.41. The summed E-state index contributed by atoms with van der Waals surface area (Å²) in [4.78, 5) is 16.0. The highest BCUT2D eigenvalue weighted by Crippen LogP contribution is 2.47. The van der Waals surface area contributed by atoms with Crippen LogP contribution in [0.4, 0.5) is 4.39 Å². The van der Waals surface area contributed by atoms with Gasteiger partial charge in [0.2, 0.25) is 0 Å². The molecule has 188 valence electrons. The summed E-state index contributed by atoms with van der Waals surface area (Å²) in [5.41, 5.74) is 6.96. The van der Waals surface area contributed by atoms with Crippen LogP contribution >= 0.6 is 0 Å². The molecular weight excluding hydrogens is 471 g/mol. The number of carboxylic acids is 1. The van der Waals surface area contributed by atoms with Crippen molar-refractivity contribution in [3.63, 3.8) is 0 Å². The Hall–Kier alpha value is -3.81. The fraction of sp³-hybridized carbons (Fsp3) is 0.267. The van der Waals surface area contributed by atoms with Gasteiger partial charge in [-0.05, 0) is 78.1 Å². The first-order valence-electron chi connectivity index (χ1n) is 12.4. The van der Waals surface area contributed by atoms with Crippen LogP contribution in [-0.2, 0) is 21.4 Å². The van der Waals surface area contributed by atoms with Gasteiger partial charge in [0.05, 0.1) is 24.2 Å². The summed E-state index contributed by atoms with van der Waals surface area (Å²) in [5, 5.41) is 10.5. The van der Waals surface area contributed by atoms with E-state index in [1.807, 2.05) is 18.3 Å². The van der Waals surface area contributed by atoms with Gasteiger partial charge in [0.25, 0.3) is 0 Å². The van der Waals surface area contributed by atoms with E-state index in [1.165, 1.54) is 12.1 Å². The number of aliphatic imine (C=N–C) groups is 1. The number of hydrogen-bond donors (Lipinski definition) is 1. The van der Waals surface area contributed by atoms with Gasteiger partial charge in [0.15, 0.2) is 0 Å². The lowest BCUT2D eigenvalue weighted by Gasteiger charge is -2.38. The predicted octanol–water partition coefficient (Wildman–Crippen LogP) is 5.76. The molecule has 0 aliphatic carbocycles. The summed E-state index contributed by atoms with van der Waals surface area (Å²) in [6.07, 6.45) is 3.43. The van der Waals surface area contributed by atoms with Crippen LogP contribution in [0.2, 0.25) is 0 Å². The van der Waals surface area contributed by atoms with E-state index in [4.69, 9.17) is 9.47 Å². The van der Waals surface area contributed by atoms with Gasteiger partial charge in [-0.1, -0.05) is 12.1 Å². The van der Waals surface area contributed by atoms with Crippen molar-refractivity contribution >= 4 is 23.1 Å². The van der Waals surface area contributed by atoms with E-state index >= 15 is 0 Å². The number of nitrogens with zero attached hydrogens (tertiary/aromatic N) is 2. The standard InChI is InChI=1S/C30H27FN2O4/c1-36-18-30(10-12-37-13-11-30)28-27(19-2-4-20(5-3-19)29(34)35)25-14-21-16-32-17-22(21)15-26(25)33(28)24-8-6-23(31)7-9-24/h2-9,14-15,17H,10-13,16,18H2,1H3,(H,34,35). The third-order valence-electron chi connectivity index (χ3n) is 7.60. The lowest BCUT2D eigenvalue weighted by molar-refractivity contribution is 0.0116. The van der Waals surface area contributed by atoms with Gasteiger partial charge in [-0.15, -0.1) is 0 Å². The van der Waals surface area contributed by atoms with Gasteiger partial charge in [0.1, 0.15) is 5.82 Å². The minimum atomic E-state index is -0.962. The monoisotopic (exact) mass is 498 g/mol. The molecule has 0 radical (unpaired) electrons. The molecule has 0 atom stereocenters. The van der Waals surface area contributed by atoms with Crippen LogP contribution < -0.4 is 0 Å². The minimum absolute atomic E-state index is 0.236. The average molecular weight is 499 g/mol. The van der Waals surface area contributed by atoms with E-state index < -0.39 is 5.97 Å². The molecular formula is C30H27FN2O4. The van der Waals surface area contributed by atoms with E-state index in [0.29, 0.717) is 26.4 Å². The van der Waals surface area contributed by atoms with Crippen LogP contribution in [0.1, 0.15) is 40.0 Å². The number of hydrogen-bond acceptors (Lipinski definition) is 4. The number of fused-ring (bicyclic) bond motifs is 2. The van der Waals surface area contributed by atoms with Crippen molar-refractivity contribution < 1.29 is 23.8 Å². The van der Waals surface area contributed by atoms with Crippen LogP contribution in [0, 0.1) is 5.82 Å². The van der Waals surface area contributed by atoms with Crippen molar-refractivity contribution in [1.29, 1.82) is 0 Å². The molecule has 0 amide bonds. The molecule has 2 aliphatic rings. The lowest BCUT2D eigenvalue weighted by Crippen LogP contribution is -2.40. The van der Waals surface area contributed by atoms with E-state index in [0.717, 1.165) is 57.4 Å². The van der Waals surface area contributed by atoms with Gasteiger partial charge in [0, 0.05) is 54.3 Å². The van der Waals surface area contributed by atoms with Crippen LogP contribution in [-0.4, -0.2) is 48.8 Å². The van der Waals surface area contributed by atoms with Gasteiger partial charge >= 0.3 is 5.97 Å². The smallest absolute Gasteiger partial charge is 0.335 e. The van der Waals surface area contributed by atoms with Crippen molar-refractivity contribution in [2.75, 3.05) is 26.9 Å². The summed E-state index contributed by atoms with van der Waals surface area (Å²) in [7, 11) is 1.72. The molecule has 0 saturated carbocycles. The molecule has 0 unspecified atom stereocenters. The number of benzene rings is 3. The van der Waals surface area contributed by atoms with Crippen molar-refractivity contribution in [1.82, 2.24) is 4.57 Å². The van der Waals surface area contributed by atoms with E-state index in [-0.39, 0.29) is 16.8 Å². The molecule has 1 saturated heterocycles. The SMILES string of the molecule is COCC1(c2c(-c3ccc(C(=O)O)cc3)c3cc4c(cc3n2-c2ccc(F)cc2)C=NC4)CCOCC1. The number of ether oxygens (including phenoxy) is 2. The number of aromatic nitrogens is 1. The molecule has 3 heterocycles. The largest absolute Gasteiger partial charge is 0.478 e. The number of halogens is 1. The lowest BCUT2D eigenvalue weighted by atomic mass is 9.75. The van der Waals surface area contributed by atoms with Gasteiger partial charge in [-0.3, -0.25) is 4.99 Å². The van der Waals surface area contributed by atoms with Crippen molar-refractivity contribution in [3.8, 4) is 16.8 Å². The van der Waals surface area contributed by atoms with Gasteiger partial charge in [-0.25, -0.2) is 9.18 Å². The highest BCUT2D eigenvalue weighted by atomic mass is 19.1. The molecule has 1 aromatic heterocycles. The first kappa shape index (κ1) is 23.6. The Morgan fingerprint density at radius 2 is 1.84 bits per heavy atom. The second-order valence-corrected chi connectivity index (χ2v) is 9.78. The first-order chi connectivity index (χ1) is 18.0. The third-order valence-corrected chi connectivity index (χ3v) is 7.60. The quantitative estimate of drug-likeness (QED) is 0.367. The number of carboxylic acid groups (broad SMARTS) is 1. The maximum atomic E-state index is 14.0.